The summed E-state index contributed by atoms with van der Waals surface area (Å²) in [7, 11) is 1.29. The van der Waals surface area contributed by atoms with Gasteiger partial charge in [-0.1, -0.05) is 77.8 Å². The fourth-order valence-electron chi connectivity index (χ4n) is 6.47. The lowest BCUT2D eigenvalue weighted by molar-refractivity contribution is -0.145. The maximum Gasteiger partial charge on any atom is 0.328 e. The van der Waals surface area contributed by atoms with E-state index in [9.17, 15) is 14.4 Å². The molecule has 0 aliphatic carbocycles. The van der Waals surface area contributed by atoms with Crippen LogP contribution in [0.5, 0.6) is 11.5 Å². The normalized spacial score (nSPS) is 16.1. The number of ether oxygens (including phenoxy) is 3. The van der Waals surface area contributed by atoms with Crippen molar-refractivity contribution < 1.29 is 28.6 Å². The Kier molecular flexibility index (Phi) is 12.3. The minimum absolute atomic E-state index is 0. The minimum Gasteiger partial charge on any atom is -0.489 e. The van der Waals surface area contributed by atoms with Gasteiger partial charge in [-0.3, -0.25) is 9.59 Å². The number of nitrogens with one attached hydrogen (secondary N) is 3. The molecule has 5 aromatic rings. The van der Waals surface area contributed by atoms with Crippen LogP contribution >= 0.6 is 35.6 Å². The zero-order valence-corrected chi connectivity index (χ0v) is 31.8. The lowest BCUT2D eigenvalue weighted by Gasteiger charge is -2.31. The van der Waals surface area contributed by atoms with Gasteiger partial charge in [0.1, 0.15) is 24.1 Å². The van der Waals surface area contributed by atoms with Crippen molar-refractivity contribution in [2.24, 2.45) is 0 Å². The van der Waals surface area contributed by atoms with Crippen molar-refractivity contribution in [3.8, 4) is 28.7 Å². The first-order valence-electron chi connectivity index (χ1n) is 17.2. The standard InChI is InChI=1S/C42H34Cl2N4O6.ClH/c1-52-42(51)37(17-24-2-7-27(8-3-24)28-9-4-25(21-45)5-10-28)48-40(49)36-19-30-18-35-38(20-31(30)22-46-36)54-39(41(50)47-35)29-11-13-32(14-12-29)53-23-26-6-15-33(43)34(44)16-26;/h2-16,18,20,36-37,39,46H,17,19,22-23H2,1H3,(H,47,50)(H,48,49);1H/t36-,37-,39?;/m0./s1. The van der Waals surface area contributed by atoms with Gasteiger partial charge in [0.25, 0.3) is 5.91 Å². The molecule has 2 heterocycles. The van der Waals surface area contributed by atoms with Crippen LogP contribution in [-0.2, 0) is 45.1 Å². The number of hydrogen-bond acceptors (Lipinski definition) is 8. The Hall–Kier alpha value is -5.57. The molecule has 0 fully saturated rings. The number of fused-ring (bicyclic) bond motifs is 2. The van der Waals surface area contributed by atoms with Crippen LogP contribution in [0.25, 0.3) is 11.1 Å². The molecular formula is C42H35Cl3N4O6. The maximum absolute atomic E-state index is 13.5. The second-order valence-electron chi connectivity index (χ2n) is 13.0. The Balaban J connectivity index is 0.00000514. The Labute approximate surface area is 334 Å². The molecule has 0 bridgehead atoms. The van der Waals surface area contributed by atoms with Gasteiger partial charge in [0.05, 0.1) is 40.5 Å². The van der Waals surface area contributed by atoms with Gasteiger partial charge >= 0.3 is 5.97 Å². The van der Waals surface area contributed by atoms with E-state index in [1.807, 2.05) is 54.6 Å². The monoisotopic (exact) mass is 796 g/mol. The number of anilines is 1. The SMILES string of the molecule is COC(=O)[C@H](Cc1ccc(-c2ccc(C#N)cc2)cc1)NC(=O)[C@@H]1Cc2cc3c(cc2CN1)OC(c1ccc(OCc2ccc(Cl)c(Cl)c2)cc1)C(=O)N3.Cl. The molecule has 0 aromatic heterocycles. The summed E-state index contributed by atoms with van der Waals surface area (Å²) in [5, 5.41) is 19.1. The first-order chi connectivity index (χ1) is 26.2. The second-order valence-corrected chi connectivity index (χ2v) is 13.8. The Morgan fingerprint density at radius 3 is 2.27 bits per heavy atom. The van der Waals surface area contributed by atoms with E-state index in [0.29, 0.717) is 57.9 Å². The van der Waals surface area contributed by atoms with Gasteiger partial charge in [-0.25, -0.2) is 4.79 Å². The zero-order valence-electron chi connectivity index (χ0n) is 29.4. The van der Waals surface area contributed by atoms with Crippen molar-refractivity contribution in [3.63, 3.8) is 0 Å². The van der Waals surface area contributed by atoms with Crippen LogP contribution in [0.15, 0.2) is 103 Å². The van der Waals surface area contributed by atoms with Crippen LogP contribution in [0.1, 0.15) is 39.5 Å². The molecule has 280 valence electrons. The van der Waals surface area contributed by atoms with Crippen molar-refractivity contribution >= 4 is 59.1 Å². The van der Waals surface area contributed by atoms with Gasteiger partial charge < -0.3 is 30.2 Å². The summed E-state index contributed by atoms with van der Waals surface area (Å²) in [6.45, 7) is 0.683. The maximum atomic E-state index is 13.5. The molecule has 13 heteroatoms. The van der Waals surface area contributed by atoms with Gasteiger partial charge in [0.2, 0.25) is 12.0 Å². The van der Waals surface area contributed by atoms with E-state index < -0.39 is 24.2 Å². The Bertz CT molecular complexity index is 2260. The lowest BCUT2D eigenvalue weighted by atomic mass is 9.93. The van der Waals surface area contributed by atoms with Crippen LogP contribution in [0.2, 0.25) is 10.0 Å². The topological polar surface area (TPSA) is 139 Å². The van der Waals surface area contributed by atoms with Crippen molar-refractivity contribution in [1.29, 1.82) is 5.26 Å². The highest BCUT2D eigenvalue weighted by Crippen LogP contribution is 2.38. The number of nitriles is 1. The third-order valence-electron chi connectivity index (χ3n) is 9.44. The molecule has 0 saturated heterocycles. The van der Waals surface area contributed by atoms with Crippen molar-refractivity contribution in [2.75, 3.05) is 12.4 Å². The smallest absolute Gasteiger partial charge is 0.328 e. The van der Waals surface area contributed by atoms with Gasteiger partial charge in [0, 0.05) is 18.5 Å². The molecule has 2 amide bonds. The summed E-state index contributed by atoms with van der Waals surface area (Å²) >= 11 is 12.1. The molecule has 3 N–H and O–H groups in total. The number of rotatable bonds is 10. The van der Waals surface area contributed by atoms with Gasteiger partial charge in [-0.2, -0.15) is 5.26 Å². The van der Waals surface area contributed by atoms with E-state index >= 15 is 0 Å². The van der Waals surface area contributed by atoms with Crippen LogP contribution < -0.4 is 25.4 Å². The molecule has 5 aromatic carbocycles. The predicted octanol–water partition coefficient (Wildman–Crippen LogP) is 7.52. The lowest BCUT2D eigenvalue weighted by Crippen LogP contribution is -2.53. The van der Waals surface area contributed by atoms with Crippen LogP contribution in [-0.4, -0.2) is 37.0 Å². The molecule has 2 aliphatic heterocycles. The van der Waals surface area contributed by atoms with E-state index in [-0.39, 0.29) is 30.6 Å². The van der Waals surface area contributed by atoms with E-state index in [2.05, 4.69) is 22.0 Å². The van der Waals surface area contributed by atoms with Crippen LogP contribution in [0.4, 0.5) is 5.69 Å². The second kappa shape index (κ2) is 17.3. The number of amides is 2. The van der Waals surface area contributed by atoms with Crippen LogP contribution in [0, 0.1) is 11.3 Å². The first-order valence-corrected chi connectivity index (χ1v) is 17.9. The van der Waals surface area contributed by atoms with Crippen molar-refractivity contribution in [3.05, 3.63) is 147 Å². The molecule has 2 aliphatic rings. The first kappa shape index (κ1) is 39.1. The third-order valence-corrected chi connectivity index (χ3v) is 10.2. The summed E-state index contributed by atoms with van der Waals surface area (Å²) < 4.78 is 17.1. The summed E-state index contributed by atoms with van der Waals surface area (Å²) in [6.07, 6.45) is -0.288. The van der Waals surface area contributed by atoms with Gasteiger partial charge in [-0.15, -0.1) is 12.4 Å². The number of esters is 1. The largest absolute Gasteiger partial charge is 0.489 e. The summed E-state index contributed by atoms with van der Waals surface area (Å²) in [5.41, 5.74) is 7.22. The molecular weight excluding hydrogens is 763 g/mol. The number of methoxy groups -OCH3 is 1. The van der Waals surface area contributed by atoms with Crippen molar-refractivity contribution in [2.45, 2.75) is 44.2 Å². The number of carbonyl (C=O) groups excluding carboxylic acids is 3. The molecule has 7 rings (SSSR count). The fraction of sp³-hybridized carbons (Fsp3) is 0.190. The van der Waals surface area contributed by atoms with Crippen molar-refractivity contribution in [1.82, 2.24) is 10.6 Å². The number of hydrogen-bond donors (Lipinski definition) is 3. The molecule has 1 unspecified atom stereocenters. The summed E-state index contributed by atoms with van der Waals surface area (Å²) in [4.78, 5) is 39.5. The zero-order chi connectivity index (χ0) is 37.8. The highest BCUT2D eigenvalue weighted by molar-refractivity contribution is 6.42. The van der Waals surface area contributed by atoms with E-state index in [1.165, 1.54) is 7.11 Å². The molecule has 55 heavy (non-hydrogen) atoms. The number of benzene rings is 5. The molecule has 0 spiro atoms. The Morgan fingerprint density at radius 1 is 0.909 bits per heavy atom. The van der Waals surface area contributed by atoms with Gasteiger partial charge in [-0.05, 0) is 88.3 Å². The molecule has 10 nitrogen and oxygen atoms in total. The minimum atomic E-state index is -0.900. The molecule has 0 radical (unpaired) electrons. The van der Waals surface area contributed by atoms with E-state index in [0.717, 1.165) is 33.4 Å². The highest BCUT2D eigenvalue weighted by Gasteiger charge is 2.33. The van der Waals surface area contributed by atoms with E-state index in [4.69, 9.17) is 42.7 Å². The predicted molar refractivity (Wildman–Crippen MR) is 212 cm³/mol. The number of carbonyl (C=O) groups is 3. The fourth-order valence-corrected chi connectivity index (χ4v) is 6.80. The van der Waals surface area contributed by atoms with Gasteiger partial charge in [0.15, 0.2) is 0 Å². The molecule has 0 saturated carbocycles. The average Bonchev–Trinajstić information content (AvgIpc) is 3.20. The number of nitrogens with zero attached hydrogens (tertiary/aromatic N) is 1. The van der Waals surface area contributed by atoms with E-state index in [1.54, 1.807) is 48.5 Å². The quantitative estimate of drug-likeness (QED) is 0.124. The third kappa shape index (κ3) is 9.05. The Morgan fingerprint density at radius 2 is 1.60 bits per heavy atom. The summed E-state index contributed by atoms with van der Waals surface area (Å²) in [6, 6.07) is 31.7. The summed E-state index contributed by atoms with van der Waals surface area (Å²) in [5.74, 6) is -0.0646. The highest BCUT2D eigenvalue weighted by atomic mass is 35.5. The average molecular weight is 798 g/mol. The van der Waals surface area contributed by atoms with Crippen LogP contribution in [0.3, 0.4) is 0 Å². The number of halogens is 3. The molecule has 3 atom stereocenters.